The van der Waals surface area contributed by atoms with Crippen molar-refractivity contribution in [3.63, 3.8) is 0 Å². The third-order valence-electron chi connectivity index (χ3n) is 4.31. The van der Waals surface area contributed by atoms with Gasteiger partial charge in [0.1, 0.15) is 12.4 Å². The molecule has 3 rings (SSSR count). The molecule has 30 heavy (non-hydrogen) atoms. The van der Waals surface area contributed by atoms with E-state index in [2.05, 4.69) is 19.9 Å². The van der Waals surface area contributed by atoms with Gasteiger partial charge in [0.15, 0.2) is 0 Å². The van der Waals surface area contributed by atoms with Crippen LogP contribution in [0.5, 0.6) is 6.01 Å². The van der Waals surface area contributed by atoms with Crippen LogP contribution in [0.4, 0.5) is 5.82 Å². The highest BCUT2D eigenvalue weighted by atomic mass is 16.5. The highest BCUT2D eigenvalue weighted by molar-refractivity contribution is 5.92. The van der Waals surface area contributed by atoms with Crippen LogP contribution in [0.15, 0.2) is 35.3 Å². The zero-order valence-corrected chi connectivity index (χ0v) is 17.2. The first-order chi connectivity index (χ1) is 14.3. The van der Waals surface area contributed by atoms with Gasteiger partial charge < -0.3 is 25.2 Å². The lowest BCUT2D eigenvalue weighted by Gasteiger charge is -2.28. The number of hydrogen-bond donors (Lipinski definition) is 2. The quantitative estimate of drug-likeness (QED) is 0.623. The second-order valence-electron chi connectivity index (χ2n) is 7.67. The fourth-order valence-corrected chi connectivity index (χ4v) is 2.82. The summed E-state index contributed by atoms with van der Waals surface area (Å²) in [7, 11) is 0. The summed E-state index contributed by atoms with van der Waals surface area (Å²) in [5.41, 5.74) is 6.22. The second-order valence-corrected chi connectivity index (χ2v) is 7.67. The molecule has 2 heterocycles. The number of carbonyl (C=O) groups is 1. The number of aliphatic hydroxyl groups is 1. The number of primary amides is 1. The Balaban J connectivity index is 1.78. The fraction of sp³-hybridized carbons (Fsp3) is 0.429. The first kappa shape index (κ1) is 21.7. The minimum absolute atomic E-state index is 0.0655. The Morgan fingerprint density at radius 2 is 2.10 bits per heavy atom. The van der Waals surface area contributed by atoms with Crippen molar-refractivity contribution in [1.82, 2.24) is 9.97 Å². The molecule has 0 atom stereocenters. The van der Waals surface area contributed by atoms with Crippen molar-refractivity contribution < 1.29 is 19.4 Å². The average Bonchev–Trinajstić information content (AvgIpc) is 2.72. The molecule has 0 bridgehead atoms. The number of nitrogens with two attached hydrogens (primary N) is 1. The fourth-order valence-electron chi connectivity index (χ4n) is 2.82. The molecule has 1 fully saturated rings. The first-order valence-corrected chi connectivity index (χ1v) is 9.76. The number of rotatable bonds is 8. The number of aromatic nitrogens is 2. The molecule has 0 spiro atoms. The Hall–Kier alpha value is -3.04. The molecular formula is C21H27N5O4. The van der Waals surface area contributed by atoms with Crippen LogP contribution in [-0.4, -0.2) is 65.7 Å². The van der Waals surface area contributed by atoms with E-state index in [1.54, 1.807) is 38.3 Å². The van der Waals surface area contributed by atoms with Crippen LogP contribution in [-0.2, 0) is 11.3 Å². The summed E-state index contributed by atoms with van der Waals surface area (Å²) in [4.78, 5) is 26.7. The van der Waals surface area contributed by atoms with Crippen LogP contribution in [0.25, 0.3) is 0 Å². The van der Waals surface area contributed by atoms with E-state index in [0.29, 0.717) is 31.0 Å². The van der Waals surface area contributed by atoms with Gasteiger partial charge in [-0.15, -0.1) is 0 Å². The van der Waals surface area contributed by atoms with Gasteiger partial charge in [0.2, 0.25) is 5.91 Å². The molecule has 0 unspecified atom stereocenters. The Bertz CT molecular complexity index is 905. The molecule has 1 amide bonds. The molecule has 3 N–H and O–H groups in total. The molecule has 1 aliphatic heterocycles. The zero-order chi connectivity index (χ0) is 21.6. The summed E-state index contributed by atoms with van der Waals surface area (Å²) in [6.45, 7) is 6.45. The minimum Gasteiger partial charge on any atom is -0.460 e. The number of carbonyl (C=O) groups excluding carboxylic acids is 1. The molecule has 160 valence electrons. The van der Waals surface area contributed by atoms with E-state index in [-0.39, 0.29) is 12.6 Å². The van der Waals surface area contributed by atoms with Crippen molar-refractivity contribution in [3.8, 4) is 6.01 Å². The summed E-state index contributed by atoms with van der Waals surface area (Å²) in [5.74, 6) is 0.247. The van der Waals surface area contributed by atoms with Gasteiger partial charge in [-0.1, -0.05) is 12.1 Å². The van der Waals surface area contributed by atoms with E-state index in [4.69, 9.17) is 15.2 Å². The highest BCUT2D eigenvalue weighted by Crippen LogP contribution is 2.18. The molecule has 0 saturated carbocycles. The number of nitrogens with zero attached hydrogens (tertiary/aromatic N) is 4. The van der Waals surface area contributed by atoms with Gasteiger partial charge in [0.25, 0.3) is 0 Å². The van der Waals surface area contributed by atoms with Crippen LogP contribution in [0.1, 0.15) is 35.5 Å². The van der Waals surface area contributed by atoms with Gasteiger partial charge in [0, 0.05) is 30.9 Å². The maximum atomic E-state index is 11.3. The van der Waals surface area contributed by atoms with Crippen molar-refractivity contribution in [3.05, 3.63) is 47.2 Å². The van der Waals surface area contributed by atoms with Crippen molar-refractivity contribution in [1.29, 1.82) is 0 Å². The normalized spacial score (nSPS) is 14.8. The van der Waals surface area contributed by atoms with Gasteiger partial charge in [-0.3, -0.25) is 9.79 Å². The Morgan fingerprint density at radius 1 is 1.33 bits per heavy atom. The van der Waals surface area contributed by atoms with Gasteiger partial charge in [-0.25, -0.2) is 0 Å². The first-order valence-electron chi connectivity index (χ1n) is 9.76. The Morgan fingerprint density at radius 3 is 2.80 bits per heavy atom. The third-order valence-corrected chi connectivity index (χ3v) is 4.31. The van der Waals surface area contributed by atoms with Crippen molar-refractivity contribution in [2.24, 2.45) is 10.7 Å². The average molecular weight is 413 g/mol. The number of anilines is 1. The van der Waals surface area contributed by atoms with Crippen molar-refractivity contribution >= 4 is 17.9 Å². The molecule has 0 radical (unpaired) electrons. The van der Waals surface area contributed by atoms with E-state index < -0.39 is 11.5 Å². The number of ether oxygens (including phenoxy) is 2. The van der Waals surface area contributed by atoms with Gasteiger partial charge >= 0.3 is 6.01 Å². The van der Waals surface area contributed by atoms with Gasteiger partial charge in [0.05, 0.1) is 31.1 Å². The summed E-state index contributed by atoms with van der Waals surface area (Å²) in [6.07, 6.45) is 1.64. The van der Waals surface area contributed by atoms with Crippen LogP contribution in [0.2, 0.25) is 0 Å². The zero-order valence-electron chi connectivity index (χ0n) is 17.2. The molecule has 1 saturated heterocycles. The molecule has 0 aliphatic carbocycles. The lowest BCUT2D eigenvalue weighted by atomic mass is 10.1. The SMILES string of the molecule is CC(C)(O)COc1nc(C=NCc2cccc(C(N)=O)c2)cc(N2CCOCC2)n1. The van der Waals surface area contributed by atoms with E-state index in [9.17, 15) is 9.90 Å². The van der Waals surface area contributed by atoms with Crippen molar-refractivity contribution in [2.45, 2.75) is 26.0 Å². The maximum absolute atomic E-state index is 11.3. The summed E-state index contributed by atoms with van der Waals surface area (Å²) >= 11 is 0. The molecule has 1 aromatic carbocycles. The summed E-state index contributed by atoms with van der Waals surface area (Å²) in [5, 5.41) is 9.93. The van der Waals surface area contributed by atoms with E-state index >= 15 is 0 Å². The molecule has 1 aromatic heterocycles. The Labute approximate surface area is 175 Å². The number of amides is 1. The van der Waals surface area contributed by atoms with E-state index in [1.807, 2.05) is 12.1 Å². The monoisotopic (exact) mass is 413 g/mol. The summed E-state index contributed by atoms with van der Waals surface area (Å²) in [6, 6.07) is 9.05. The van der Waals surface area contributed by atoms with E-state index in [0.717, 1.165) is 24.5 Å². The van der Waals surface area contributed by atoms with Crippen LogP contribution < -0.4 is 15.4 Å². The standard InChI is InChI=1S/C21H27N5O4/c1-21(2,28)14-30-20-24-17(11-18(25-20)26-6-8-29-9-7-26)13-23-12-15-4-3-5-16(10-15)19(22)27/h3-5,10-11,13,28H,6-9,12,14H2,1-2H3,(H2,22,27). The Kier molecular flexibility index (Phi) is 6.96. The van der Waals surface area contributed by atoms with Gasteiger partial charge in [-0.2, -0.15) is 9.97 Å². The van der Waals surface area contributed by atoms with Crippen molar-refractivity contribution in [2.75, 3.05) is 37.8 Å². The van der Waals surface area contributed by atoms with E-state index in [1.165, 1.54) is 0 Å². The molecule has 9 nitrogen and oxygen atoms in total. The summed E-state index contributed by atoms with van der Waals surface area (Å²) < 4.78 is 11.0. The lowest BCUT2D eigenvalue weighted by molar-refractivity contribution is 0.0250. The van der Waals surface area contributed by atoms with Gasteiger partial charge in [-0.05, 0) is 31.5 Å². The van der Waals surface area contributed by atoms with Crippen LogP contribution in [0, 0.1) is 0 Å². The number of benzene rings is 1. The minimum atomic E-state index is -1.00. The smallest absolute Gasteiger partial charge is 0.319 e. The largest absolute Gasteiger partial charge is 0.460 e. The predicted molar refractivity (Wildman–Crippen MR) is 113 cm³/mol. The van der Waals surface area contributed by atoms with Crippen LogP contribution in [0.3, 0.4) is 0 Å². The molecular weight excluding hydrogens is 386 g/mol. The number of morpholine rings is 1. The third kappa shape index (κ3) is 6.50. The molecule has 9 heteroatoms. The molecule has 1 aliphatic rings. The number of hydrogen-bond acceptors (Lipinski definition) is 8. The lowest BCUT2D eigenvalue weighted by Crippen LogP contribution is -2.37. The second kappa shape index (κ2) is 9.64. The predicted octanol–water partition coefficient (Wildman–Crippen LogP) is 1.18. The van der Waals surface area contributed by atoms with Crippen LogP contribution >= 0.6 is 0 Å². The number of aliphatic imine (C=N–C) groups is 1. The highest BCUT2D eigenvalue weighted by Gasteiger charge is 2.18. The maximum Gasteiger partial charge on any atom is 0.319 e. The topological polar surface area (TPSA) is 123 Å². The molecule has 2 aromatic rings.